The molecule has 0 unspecified atom stereocenters. The van der Waals surface area contributed by atoms with Crippen LogP contribution < -0.4 is 14.8 Å². The highest BCUT2D eigenvalue weighted by Crippen LogP contribution is 2.27. The van der Waals surface area contributed by atoms with Gasteiger partial charge in [-0.3, -0.25) is 4.79 Å². The fourth-order valence-electron chi connectivity index (χ4n) is 2.42. The molecule has 0 aromatic heterocycles. The molecule has 0 heterocycles. The van der Waals surface area contributed by atoms with Gasteiger partial charge in [0, 0.05) is 5.56 Å². The van der Waals surface area contributed by atoms with Crippen molar-refractivity contribution >= 4 is 17.5 Å². The number of methoxy groups -OCH3 is 1. The number of benzene rings is 2. The van der Waals surface area contributed by atoms with E-state index in [4.69, 9.17) is 21.1 Å². The lowest BCUT2D eigenvalue weighted by Gasteiger charge is -2.18. The third kappa shape index (κ3) is 4.65. The molecule has 0 bridgehead atoms. The predicted molar refractivity (Wildman–Crippen MR) is 96.0 cm³/mol. The lowest BCUT2D eigenvalue weighted by atomic mass is 10.0. The molecule has 1 N–H and O–H groups in total. The number of hydrogen-bond donors (Lipinski definition) is 1. The molecule has 0 aliphatic carbocycles. The average molecular weight is 348 g/mol. The smallest absolute Gasteiger partial charge is 0.258 e. The quantitative estimate of drug-likeness (QED) is 0.851. The normalized spacial score (nSPS) is 11.7. The van der Waals surface area contributed by atoms with Gasteiger partial charge in [0.15, 0.2) is 6.61 Å². The van der Waals surface area contributed by atoms with E-state index >= 15 is 0 Å². The van der Waals surface area contributed by atoms with Gasteiger partial charge in [0.2, 0.25) is 0 Å². The topological polar surface area (TPSA) is 47.6 Å². The van der Waals surface area contributed by atoms with Crippen LogP contribution in [0.2, 0.25) is 5.02 Å². The first-order valence-electron chi connectivity index (χ1n) is 7.73. The Morgan fingerprint density at radius 3 is 2.50 bits per heavy atom. The summed E-state index contributed by atoms with van der Waals surface area (Å²) in [5.41, 5.74) is 3.06. The minimum Gasteiger partial charge on any atom is -0.496 e. The summed E-state index contributed by atoms with van der Waals surface area (Å²) in [5.74, 6) is 1.03. The summed E-state index contributed by atoms with van der Waals surface area (Å²) in [4.78, 5) is 12.2. The molecule has 0 aliphatic heterocycles. The van der Waals surface area contributed by atoms with Gasteiger partial charge in [0.05, 0.1) is 18.2 Å². The van der Waals surface area contributed by atoms with E-state index in [0.717, 1.165) is 22.4 Å². The molecule has 0 aliphatic rings. The van der Waals surface area contributed by atoms with Crippen LogP contribution in [0, 0.1) is 13.8 Å². The zero-order chi connectivity index (χ0) is 17.7. The monoisotopic (exact) mass is 347 g/mol. The molecular weight excluding hydrogens is 326 g/mol. The van der Waals surface area contributed by atoms with Crippen molar-refractivity contribution in [3.05, 3.63) is 58.1 Å². The number of rotatable bonds is 6. The average Bonchev–Trinajstić information content (AvgIpc) is 2.55. The molecule has 0 fully saturated rings. The van der Waals surface area contributed by atoms with Gasteiger partial charge in [0.25, 0.3) is 5.91 Å². The Morgan fingerprint density at radius 1 is 1.12 bits per heavy atom. The second kappa shape index (κ2) is 8.06. The second-order valence-electron chi connectivity index (χ2n) is 5.76. The van der Waals surface area contributed by atoms with E-state index in [1.54, 1.807) is 13.2 Å². The Labute approximate surface area is 147 Å². The van der Waals surface area contributed by atoms with Crippen LogP contribution in [0.5, 0.6) is 11.5 Å². The third-order valence-corrected chi connectivity index (χ3v) is 3.99. The predicted octanol–water partition coefficient (Wildman–Crippen LogP) is 4.22. The Hall–Kier alpha value is -2.20. The van der Waals surface area contributed by atoms with E-state index in [2.05, 4.69) is 5.32 Å². The second-order valence-corrected chi connectivity index (χ2v) is 6.16. The van der Waals surface area contributed by atoms with Gasteiger partial charge in [-0.15, -0.1) is 0 Å². The van der Waals surface area contributed by atoms with Crippen LogP contribution >= 0.6 is 11.6 Å². The molecule has 5 heteroatoms. The summed E-state index contributed by atoms with van der Waals surface area (Å²) >= 11 is 6.07. The molecule has 24 heavy (non-hydrogen) atoms. The maximum absolute atomic E-state index is 12.2. The highest BCUT2D eigenvalue weighted by Gasteiger charge is 2.15. The number of halogens is 1. The molecular formula is C19H22ClNO3. The molecule has 1 atom stereocenters. The number of aryl methyl sites for hydroxylation is 2. The molecule has 0 radical (unpaired) electrons. The fourth-order valence-corrected chi connectivity index (χ4v) is 2.59. The van der Waals surface area contributed by atoms with Crippen LogP contribution in [0.1, 0.15) is 29.7 Å². The van der Waals surface area contributed by atoms with E-state index in [-0.39, 0.29) is 18.6 Å². The van der Waals surface area contributed by atoms with E-state index in [0.29, 0.717) is 10.8 Å². The zero-order valence-electron chi connectivity index (χ0n) is 14.4. The summed E-state index contributed by atoms with van der Waals surface area (Å²) in [5, 5.41) is 3.40. The third-order valence-electron chi connectivity index (χ3n) is 3.67. The number of ether oxygens (including phenoxy) is 2. The zero-order valence-corrected chi connectivity index (χ0v) is 15.1. The SMILES string of the molecule is COc1ccc(C)cc1[C@@H](C)NC(=O)COc1cc(C)ccc1Cl. The minimum absolute atomic E-state index is 0.0956. The van der Waals surface area contributed by atoms with Gasteiger partial charge in [-0.2, -0.15) is 0 Å². The van der Waals surface area contributed by atoms with E-state index in [9.17, 15) is 4.79 Å². The standard InChI is InChI=1S/C19H22ClNO3/c1-12-6-8-17(23-4)15(9-12)14(3)21-19(22)11-24-18-10-13(2)5-7-16(18)20/h5-10,14H,11H2,1-4H3,(H,21,22)/t14-/m1/s1. The van der Waals surface area contributed by atoms with Crippen LogP contribution in [0.15, 0.2) is 36.4 Å². The summed E-state index contributed by atoms with van der Waals surface area (Å²) in [6, 6.07) is 11.1. The van der Waals surface area contributed by atoms with E-state index < -0.39 is 0 Å². The van der Waals surface area contributed by atoms with Gasteiger partial charge < -0.3 is 14.8 Å². The van der Waals surface area contributed by atoms with Gasteiger partial charge in [-0.1, -0.05) is 35.4 Å². The Bertz CT molecular complexity index is 731. The molecule has 1 amide bonds. The van der Waals surface area contributed by atoms with Gasteiger partial charge in [0.1, 0.15) is 11.5 Å². The maximum Gasteiger partial charge on any atom is 0.258 e. The first-order valence-corrected chi connectivity index (χ1v) is 8.11. The van der Waals surface area contributed by atoms with Crippen LogP contribution in [0.3, 0.4) is 0 Å². The van der Waals surface area contributed by atoms with Crippen LogP contribution in [0.25, 0.3) is 0 Å². The van der Waals surface area contributed by atoms with Crippen molar-refractivity contribution in [2.24, 2.45) is 0 Å². The van der Waals surface area contributed by atoms with Crippen molar-refractivity contribution in [1.29, 1.82) is 0 Å². The first-order chi connectivity index (χ1) is 11.4. The van der Waals surface area contributed by atoms with Gasteiger partial charge in [-0.25, -0.2) is 0 Å². The minimum atomic E-state index is -0.219. The van der Waals surface area contributed by atoms with Crippen molar-refractivity contribution in [2.45, 2.75) is 26.8 Å². The first kappa shape index (κ1) is 18.1. The Balaban J connectivity index is 1.99. The van der Waals surface area contributed by atoms with E-state index in [1.165, 1.54) is 0 Å². The van der Waals surface area contributed by atoms with Crippen molar-refractivity contribution in [3.63, 3.8) is 0 Å². The van der Waals surface area contributed by atoms with Crippen LogP contribution in [-0.2, 0) is 4.79 Å². The Morgan fingerprint density at radius 2 is 1.79 bits per heavy atom. The molecule has 128 valence electrons. The molecule has 0 saturated heterocycles. The van der Waals surface area contributed by atoms with Crippen molar-refractivity contribution in [1.82, 2.24) is 5.32 Å². The lowest BCUT2D eigenvalue weighted by Crippen LogP contribution is -2.31. The van der Waals surface area contributed by atoms with Gasteiger partial charge >= 0.3 is 0 Å². The molecule has 0 spiro atoms. The number of nitrogens with one attached hydrogen (secondary N) is 1. The van der Waals surface area contributed by atoms with Crippen LogP contribution in [-0.4, -0.2) is 19.6 Å². The van der Waals surface area contributed by atoms with Crippen molar-refractivity contribution < 1.29 is 14.3 Å². The van der Waals surface area contributed by atoms with Crippen LogP contribution in [0.4, 0.5) is 0 Å². The number of carbonyl (C=O) groups is 1. The summed E-state index contributed by atoms with van der Waals surface area (Å²) in [6.45, 7) is 5.76. The fraction of sp³-hybridized carbons (Fsp3) is 0.316. The molecule has 2 aromatic carbocycles. The largest absolute Gasteiger partial charge is 0.496 e. The van der Waals surface area contributed by atoms with Crippen molar-refractivity contribution in [3.8, 4) is 11.5 Å². The summed E-state index contributed by atoms with van der Waals surface area (Å²) in [7, 11) is 1.62. The van der Waals surface area contributed by atoms with E-state index in [1.807, 2.05) is 51.1 Å². The summed E-state index contributed by atoms with van der Waals surface area (Å²) in [6.07, 6.45) is 0. The molecule has 2 aromatic rings. The van der Waals surface area contributed by atoms with Gasteiger partial charge in [-0.05, 0) is 44.5 Å². The number of carbonyl (C=O) groups excluding carboxylic acids is 1. The maximum atomic E-state index is 12.2. The highest BCUT2D eigenvalue weighted by molar-refractivity contribution is 6.32. The number of amides is 1. The molecule has 2 rings (SSSR count). The Kier molecular flexibility index (Phi) is 6.10. The lowest BCUT2D eigenvalue weighted by molar-refractivity contribution is -0.123. The molecule has 0 saturated carbocycles. The van der Waals surface area contributed by atoms with Crippen molar-refractivity contribution in [2.75, 3.05) is 13.7 Å². The molecule has 4 nitrogen and oxygen atoms in total. The number of hydrogen-bond acceptors (Lipinski definition) is 3. The summed E-state index contributed by atoms with van der Waals surface area (Å²) < 4.78 is 10.9. The highest BCUT2D eigenvalue weighted by atomic mass is 35.5.